The van der Waals surface area contributed by atoms with E-state index >= 15 is 0 Å². The summed E-state index contributed by atoms with van der Waals surface area (Å²) in [6, 6.07) is 25.0. The maximum absolute atomic E-state index is 6.15. The van der Waals surface area contributed by atoms with Crippen LogP contribution in [0.1, 0.15) is 5.56 Å². The van der Waals surface area contributed by atoms with Crippen LogP contribution in [0.2, 0.25) is 5.02 Å². The van der Waals surface area contributed by atoms with Gasteiger partial charge < -0.3 is 10.1 Å². The highest BCUT2D eigenvalue weighted by molar-refractivity contribution is 6.31. The van der Waals surface area contributed by atoms with E-state index in [4.69, 9.17) is 16.3 Å². The summed E-state index contributed by atoms with van der Waals surface area (Å²) < 4.78 is 5.52. The third-order valence-corrected chi connectivity index (χ3v) is 5.91. The Hall–Kier alpha value is -2.63. The molecule has 0 spiro atoms. The second-order valence-electron chi connectivity index (χ2n) is 7.77. The number of nitrogens with one attached hydrogen (secondary N) is 1. The Balaban J connectivity index is 0.00000245. The number of hydrogen-bond donors (Lipinski definition) is 1. The molecule has 1 saturated heterocycles. The van der Waals surface area contributed by atoms with Crippen LogP contribution in [0.15, 0.2) is 79.0 Å². The van der Waals surface area contributed by atoms with Gasteiger partial charge in [-0.25, -0.2) is 0 Å². The summed E-state index contributed by atoms with van der Waals surface area (Å²) in [4.78, 5) is 6.91. The summed E-state index contributed by atoms with van der Waals surface area (Å²) >= 11 is 6.15. The van der Waals surface area contributed by atoms with E-state index in [2.05, 4.69) is 63.7 Å². The molecular weight excluding hydrogens is 441 g/mol. The van der Waals surface area contributed by atoms with E-state index in [1.54, 1.807) is 0 Å². The van der Waals surface area contributed by atoms with E-state index in [1.807, 2.05) is 30.5 Å². The molecule has 0 amide bonds. The molecule has 1 aliphatic rings. The standard InChI is InChI=1S/C26H24ClN3O.ClH/c27-21-7-9-23-25(10-11-28-26(23)16-21)29-22-8-6-20(18-30-12-14-31-15-13-30)24(17-22)19-4-2-1-3-5-19;/h1-11,16-17H,12-15,18H2,(H,28,29);1H. The van der Waals surface area contributed by atoms with E-state index in [1.165, 1.54) is 16.7 Å². The van der Waals surface area contributed by atoms with Crippen molar-refractivity contribution in [1.29, 1.82) is 0 Å². The van der Waals surface area contributed by atoms with Gasteiger partial charge >= 0.3 is 0 Å². The molecule has 0 bridgehead atoms. The first-order chi connectivity index (χ1) is 15.3. The largest absolute Gasteiger partial charge is 0.379 e. The van der Waals surface area contributed by atoms with Gasteiger partial charge in [0.1, 0.15) is 0 Å². The lowest BCUT2D eigenvalue weighted by Crippen LogP contribution is -2.35. The van der Waals surface area contributed by atoms with E-state index in [0.29, 0.717) is 5.02 Å². The minimum absolute atomic E-state index is 0. The molecule has 0 aliphatic carbocycles. The summed E-state index contributed by atoms with van der Waals surface area (Å²) in [6.07, 6.45) is 1.81. The van der Waals surface area contributed by atoms with Gasteiger partial charge in [0, 0.05) is 47.6 Å². The Morgan fingerprint density at radius 3 is 2.56 bits per heavy atom. The van der Waals surface area contributed by atoms with Crippen molar-refractivity contribution in [3.63, 3.8) is 0 Å². The molecular formula is C26H25Cl2N3O. The number of anilines is 2. The second kappa shape index (κ2) is 10.3. The van der Waals surface area contributed by atoms with E-state index in [0.717, 1.165) is 55.1 Å². The highest BCUT2D eigenvalue weighted by atomic mass is 35.5. The lowest BCUT2D eigenvalue weighted by Gasteiger charge is -2.27. The van der Waals surface area contributed by atoms with Crippen molar-refractivity contribution in [2.24, 2.45) is 0 Å². The highest BCUT2D eigenvalue weighted by Gasteiger charge is 2.14. The van der Waals surface area contributed by atoms with Gasteiger partial charge in [-0.1, -0.05) is 48.0 Å². The van der Waals surface area contributed by atoms with Gasteiger partial charge in [-0.3, -0.25) is 9.88 Å². The van der Waals surface area contributed by atoms with Gasteiger partial charge in [-0.05, 0) is 53.1 Å². The van der Waals surface area contributed by atoms with Crippen molar-refractivity contribution in [1.82, 2.24) is 9.88 Å². The van der Waals surface area contributed by atoms with Crippen molar-refractivity contribution in [2.75, 3.05) is 31.6 Å². The average molecular weight is 466 g/mol. The van der Waals surface area contributed by atoms with Crippen molar-refractivity contribution in [3.8, 4) is 11.1 Å². The number of benzene rings is 3. The van der Waals surface area contributed by atoms with E-state index in [-0.39, 0.29) is 12.4 Å². The maximum Gasteiger partial charge on any atom is 0.0737 e. The number of fused-ring (bicyclic) bond motifs is 1. The minimum Gasteiger partial charge on any atom is -0.379 e. The predicted octanol–water partition coefficient (Wildman–Crippen LogP) is 6.55. The van der Waals surface area contributed by atoms with Crippen LogP contribution in [-0.4, -0.2) is 36.2 Å². The molecule has 5 rings (SSSR count). The first-order valence-electron chi connectivity index (χ1n) is 10.6. The molecule has 0 unspecified atom stereocenters. The van der Waals surface area contributed by atoms with Crippen LogP contribution in [-0.2, 0) is 11.3 Å². The molecule has 1 N–H and O–H groups in total. The molecule has 0 radical (unpaired) electrons. The van der Waals surface area contributed by atoms with Crippen molar-refractivity contribution in [2.45, 2.75) is 6.54 Å². The number of nitrogens with zero attached hydrogens (tertiary/aromatic N) is 2. The van der Waals surface area contributed by atoms with Gasteiger partial charge in [0.05, 0.1) is 18.7 Å². The third kappa shape index (κ3) is 5.05. The molecule has 1 fully saturated rings. The molecule has 4 nitrogen and oxygen atoms in total. The topological polar surface area (TPSA) is 37.4 Å². The Morgan fingerprint density at radius 2 is 1.75 bits per heavy atom. The zero-order chi connectivity index (χ0) is 21.0. The summed E-state index contributed by atoms with van der Waals surface area (Å²) in [5.74, 6) is 0. The average Bonchev–Trinajstić information content (AvgIpc) is 2.81. The Morgan fingerprint density at radius 1 is 0.938 bits per heavy atom. The van der Waals surface area contributed by atoms with Crippen LogP contribution >= 0.6 is 24.0 Å². The molecule has 4 aromatic rings. The van der Waals surface area contributed by atoms with Crippen molar-refractivity contribution < 1.29 is 4.74 Å². The zero-order valence-electron chi connectivity index (χ0n) is 17.6. The Bertz CT molecular complexity index is 1190. The zero-order valence-corrected chi connectivity index (χ0v) is 19.2. The van der Waals surface area contributed by atoms with Gasteiger partial charge in [-0.15, -0.1) is 12.4 Å². The molecule has 1 aliphatic heterocycles. The lowest BCUT2D eigenvalue weighted by molar-refractivity contribution is 0.0342. The molecule has 0 saturated carbocycles. The molecule has 1 aromatic heterocycles. The predicted molar refractivity (Wildman–Crippen MR) is 135 cm³/mol. The van der Waals surface area contributed by atoms with Crippen LogP contribution in [0.4, 0.5) is 11.4 Å². The van der Waals surface area contributed by atoms with Crippen molar-refractivity contribution in [3.05, 3.63) is 89.6 Å². The number of pyridine rings is 1. The number of aromatic nitrogens is 1. The van der Waals surface area contributed by atoms with E-state index < -0.39 is 0 Å². The maximum atomic E-state index is 6.15. The van der Waals surface area contributed by atoms with Crippen LogP contribution in [0, 0.1) is 0 Å². The van der Waals surface area contributed by atoms with Crippen molar-refractivity contribution >= 4 is 46.3 Å². The number of halogens is 2. The van der Waals surface area contributed by atoms with Gasteiger partial charge in [0.15, 0.2) is 0 Å². The Labute approximate surface area is 199 Å². The summed E-state index contributed by atoms with van der Waals surface area (Å²) in [6.45, 7) is 4.48. The van der Waals surface area contributed by atoms with Gasteiger partial charge in [0.2, 0.25) is 0 Å². The Kier molecular flexibility index (Phi) is 7.28. The number of morpholine rings is 1. The summed E-state index contributed by atoms with van der Waals surface area (Å²) in [7, 11) is 0. The van der Waals surface area contributed by atoms with Gasteiger partial charge in [0.25, 0.3) is 0 Å². The molecule has 32 heavy (non-hydrogen) atoms. The summed E-state index contributed by atoms with van der Waals surface area (Å²) in [5, 5.41) is 5.33. The smallest absolute Gasteiger partial charge is 0.0737 e. The number of hydrogen-bond acceptors (Lipinski definition) is 4. The highest BCUT2D eigenvalue weighted by Crippen LogP contribution is 2.32. The molecule has 0 atom stereocenters. The first kappa shape index (κ1) is 22.6. The second-order valence-corrected chi connectivity index (χ2v) is 8.21. The number of ether oxygens (including phenoxy) is 1. The van der Waals surface area contributed by atoms with E-state index in [9.17, 15) is 0 Å². The molecule has 6 heteroatoms. The quantitative estimate of drug-likeness (QED) is 0.362. The minimum atomic E-state index is 0. The van der Waals surface area contributed by atoms with Crippen LogP contribution in [0.25, 0.3) is 22.0 Å². The van der Waals surface area contributed by atoms with Crippen LogP contribution < -0.4 is 5.32 Å². The normalized spacial score (nSPS) is 14.2. The van der Waals surface area contributed by atoms with Gasteiger partial charge in [-0.2, -0.15) is 0 Å². The monoisotopic (exact) mass is 465 g/mol. The fourth-order valence-electron chi connectivity index (χ4n) is 4.06. The van der Waals surface area contributed by atoms with Crippen LogP contribution in [0.3, 0.4) is 0 Å². The lowest BCUT2D eigenvalue weighted by atomic mass is 9.98. The molecule has 3 aromatic carbocycles. The first-order valence-corrected chi connectivity index (χ1v) is 10.9. The number of rotatable bonds is 5. The molecule has 164 valence electrons. The summed E-state index contributed by atoms with van der Waals surface area (Å²) in [5.41, 5.74) is 6.74. The van der Waals surface area contributed by atoms with Crippen LogP contribution in [0.5, 0.6) is 0 Å². The fourth-order valence-corrected chi connectivity index (χ4v) is 4.23. The molecule has 2 heterocycles. The third-order valence-electron chi connectivity index (χ3n) is 5.68. The fraction of sp³-hybridized carbons (Fsp3) is 0.192. The SMILES string of the molecule is Cl.Clc1ccc2c(Nc3ccc(CN4CCOCC4)c(-c4ccccc4)c3)ccnc2c1.